The quantitative estimate of drug-likeness (QED) is 0.893. The molecule has 0 heterocycles. The van der Waals surface area contributed by atoms with E-state index < -0.39 is 10.0 Å². The number of hydrogen-bond donors (Lipinski definition) is 1. The van der Waals surface area contributed by atoms with Crippen molar-refractivity contribution in [1.29, 1.82) is 0 Å². The Morgan fingerprint density at radius 3 is 2.12 bits per heavy atom. The predicted octanol–water partition coefficient (Wildman–Crippen LogP) is 1.93. The minimum Gasteiger partial charge on any atom is -0.285 e. The predicted molar refractivity (Wildman–Crippen MR) is 68.1 cm³/mol. The summed E-state index contributed by atoms with van der Waals surface area (Å²) >= 11 is 0. The Morgan fingerprint density at radius 1 is 1.18 bits per heavy atom. The Labute approximate surface area is 102 Å². The van der Waals surface area contributed by atoms with Gasteiger partial charge in [0.1, 0.15) is 0 Å². The van der Waals surface area contributed by atoms with E-state index in [9.17, 15) is 13.2 Å². The number of rotatable bonds is 4. The zero-order valence-electron chi connectivity index (χ0n) is 10.1. The summed E-state index contributed by atoms with van der Waals surface area (Å²) in [5.74, 6) is 0.0432. The zero-order chi connectivity index (χ0) is 13.1. The lowest BCUT2D eigenvalue weighted by molar-refractivity contribution is 0.463. The van der Waals surface area contributed by atoms with Crippen molar-refractivity contribution in [3.8, 4) is 0 Å². The molecule has 1 radical (unpaired) electrons. The topological polar surface area (TPSA) is 63.2 Å². The smallest absolute Gasteiger partial charge is 0.233 e. The van der Waals surface area contributed by atoms with Crippen LogP contribution in [0.5, 0.6) is 0 Å². The van der Waals surface area contributed by atoms with E-state index in [1.807, 2.05) is 20.8 Å². The fourth-order valence-electron chi connectivity index (χ4n) is 1.39. The van der Waals surface area contributed by atoms with Gasteiger partial charge in [0.15, 0.2) is 0 Å². The summed E-state index contributed by atoms with van der Waals surface area (Å²) in [7, 11) is -3.36. The SMILES string of the molecule is CC(C)(C)CS(=O)(=O)Nc1ccc([C]=O)cc1. The molecule has 0 aliphatic carbocycles. The first-order valence-corrected chi connectivity index (χ1v) is 6.86. The van der Waals surface area contributed by atoms with Gasteiger partial charge in [-0.3, -0.25) is 9.52 Å². The van der Waals surface area contributed by atoms with Crippen molar-refractivity contribution >= 4 is 22.0 Å². The van der Waals surface area contributed by atoms with Gasteiger partial charge in [0.2, 0.25) is 16.3 Å². The molecule has 1 aromatic carbocycles. The van der Waals surface area contributed by atoms with E-state index in [1.165, 1.54) is 12.1 Å². The molecule has 0 aromatic heterocycles. The van der Waals surface area contributed by atoms with Crippen LogP contribution in [0.15, 0.2) is 24.3 Å². The average Bonchev–Trinajstić information content (AvgIpc) is 2.14. The van der Waals surface area contributed by atoms with Crippen LogP contribution in [-0.4, -0.2) is 20.5 Å². The van der Waals surface area contributed by atoms with Crippen molar-refractivity contribution in [2.24, 2.45) is 5.41 Å². The minimum absolute atomic E-state index is 0.0432. The molecule has 1 N–H and O–H groups in total. The molecule has 93 valence electrons. The number of sulfonamides is 1. The molecule has 0 atom stereocenters. The first-order chi connectivity index (χ1) is 7.72. The molecule has 4 nitrogen and oxygen atoms in total. The molecule has 0 unspecified atom stereocenters. The maximum Gasteiger partial charge on any atom is 0.233 e. The molecule has 0 spiro atoms. The number of hydrogen-bond acceptors (Lipinski definition) is 3. The third-order valence-corrected chi connectivity index (χ3v) is 3.69. The molecule has 1 rings (SSSR count). The van der Waals surface area contributed by atoms with E-state index in [0.29, 0.717) is 11.3 Å². The average molecular weight is 254 g/mol. The second kappa shape index (κ2) is 4.87. The molecule has 0 aliphatic heterocycles. The molecule has 0 saturated heterocycles. The maximum atomic E-state index is 11.8. The van der Waals surface area contributed by atoms with Gasteiger partial charge in [-0.2, -0.15) is 0 Å². The standard InChI is InChI=1S/C12H16NO3S/c1-12(2,3)9-17(15,16)13-11-6-4-10(8-14)5-7-11/h4-7,13H,9H2,1-3H3. The molecule has 0 amide bonds. The van der Waals surface area contributed by atoms with Crippen LogP contribution in [0.4, 0.5) is 5.69 Å². The number of benzene rings is 1. The van der Waals surface area contributed by atoms with Gasteiger partial charge in [-0.15, -0.1) is 0 Å². The van der Waals surface area contributed by atoms with Crippen LogP contribution in [0, 0.1) is 5.41 Å². The van der Waals surface area contributed by atoms with Crippen molar-refractivity contribution in [3.05, 3.63) is 29.8 Å². The maximum absolute atomic E-state index is 11.8. The highest BCUT2D eigenvalue weighted by atomic mass is 32.2. The first-order valence-electron chi connectivity index (χ1n) is 5.21. The van der Waals surface area contributed by atoms with Gasteiger partial charge < -0.3 is 0 Å². The number of nitrogens with one attached hydrogen (secondary N) is 1. The van der Waals surface area contributed by atoms with Gasteiger partial charge in [0.25, 0.3) is 0 Å². The highest BCUT2D eigenvalue weighted by molar-refractivity contribution is 7.92. The molecular formula is C12H16NO3S. The lowest BCUT2D eigenvalue weighted by atomic mass is 10.0. The van der Waals surface area contributed by atoms with E-state index in [2.05, 4.69) is 4.72 Å². The molecule has 0 saturated carbocycles. The number of carbonyl (C=O) groups excluding carboxylic acids is 1. The molecule has 5 heteroatoms. The van der Waals surface area contributed by atoms with Gasteiger partial charge in [-0.1, -0.05) is 20.8 Å². The van der Waals surface area contributed by atoms with Crippen LogP contribution < -0.4 is 4.72 Å². The van der Waals surface area contributed by atoms with E-state index in [1.54, 1.807) is 18.4 Å². The Morgan fingerprint density at radius 2 is 1.71 bits per heavy atom. The van der Waals surface area contributed by atoms with Gasteiger partial charge in [-0.25, -0.2) is 8.42 Å². The normalized spacial score (nSPS) is 12.2. The van der Waals surface area contributed by atoms with Gasteiger partial charge in [-0.05, 0) is 29.7 Å². The fourth-order valence-corrected chi connectivity index (χ4v) is 3.10. The lowest BCUT2D eigenvalue weighted by Crippen LogP contribution is -2.26. The molecule has 0 bridgehead atoms. The van der Waals surface area contributed by atoms with Crippen molar-refractivity contribution in [1.82, 2.24) is 0 Å². The summed E-state index contributed by atoms with van der Waals surface area (Å²) in [4.78, 5) is 10.3. The van der Waals surface area contributed by atoms with Crippen LogP contribution in [0.3, 0.4) is 0 Å². The van der Waals surface area contributed by atoms with Crippen molar-refractivity contribution < 1.29 is 13.2 Å². The second-order valence-electron chi connectivity index (χ2n) is 5.10. The van der Waals surface area contributed by atoms with Crippen molar-refractivity contribution in [2.45, 2.75) is 20.8 Å². The molecular weight excluding hydrogens is 238 g/mol. The Balaban J connectivity index is 2.80. The summed E-state index contributed by atoms with van der Waals surface area (Å²) < 4.78 is 26.0. The van der Waals surface area contributed by atoms with Crippen molar-refractivity contribution in [2.75, 3.05) is 10.5 Å². The van der Waals surface area contributed by atoms with E-state index in [-0.39, 0.29) is 11.2 Å². The third-order valence-electron chi connectivity index (χ3n) is 1.90. The second-order valence-corrected chi connectivity index (χ2v) is 6.82. The zero-order valence-corrected chi connectivity index (χ0v) is 11.0. The van der Waals surface area contributed by atoms with E-state index in [4.69, 9.17) is 0 Å². The molecule has 17 heavy (non-hydrogen) atoms. The van der Waals surface area contributed by atoms with Gasteiger partial charge >= 0.3 is 0 Å². The lowest BCUT2D eigenvalue weighted by Gasteiger charge is -2.18. The first kappa shape index (κ1) is 13.7. The molecule has 0 aliphatic rings. The Bertz CT molecular complexity index is 483. The van der Waals surface area contributed by atoms with E-state index in [0.717, 1.165) is 0 Å². The Kier molecular flexibility index (Phi) is 3.93. The fraction of sp³-hybridized carbons (Fsp3) is 0.417. The largest absolute Gasteiger partial charge is 0.285 e. The van der Waals surface area contributed by atoms with Crippen LogP contribution in [-0.2, 0) is 14.8 Å². The summed E-state index contributed by atoms with van der Waals surface area (Å²) in [5.41, 5.74) is 0.541. The van der Waals surface area contributed by atoms with Crippen LogP contribution >= 0.6 is 0 Å². The van der Waals surface area contributed by atoms with Crippen LogP contribution in [0.25, 0.3) is 0 Å². The number of anilines is 1. The monoisotopic (exact) mass is 254 g/mol. The van der Waals surface area contributed by atoms with E-state index >= 15 is 0 Å². The minimum atomic E-state index is -3.36. The van der Waals surface area contributed by atoms with Gasteiger partial charge in [0, 0.05) is 11.3 Å². The highest BCUT2D eigenvalue weighted by Crippen LogP contribution is 2.18. The Hall–Kier alpha value is -1.36. The third kappa shape index (κ3) is 4.99. The van der Waals surface area contributed by atoms with Crippen LogP contribution in [0.2, 0.25) is 0 Å². The molecule has 0 fully saturated rings. The highest BCUT2D eigenvalue weighted by Gasteiger charge is 2.21. The van der Waals surface area contributed by atoms with Crippen LogP contribution in [0.1, 0.15) is 26.3 Å². The molecule has 1 aromatic rings. The summed E-state index contributed by atoms with van der Waals surface area (Å²) in [6, 6.07) is 6.12. The van der Waals surface area contributed by atoms with Crippen molar-refractivity contribution in [3.63, 3.8) is 0 Å². The summed E-state index contributed by atoms with van der Waals surface area (Å²) in [6.07, 6.45) is 1.73. The van der Waals surface area contributed by atoms with Gasteiger partial charge in [0.05, 0.1) is 5.75 Å². The summed E-state index contributed by atoms with van der Waals surface area (Å²) in [6.45, 7) is 5.57. The summed E-state index contributed by atoms with van der Waals surface area (Å²) in [5, 5.41) is 0.